The number of ether oxygens (including phenoxy) is 1. The minimum Gasteiger partial charge on any atom is -0.462 e. The SMILES string of the molecule is CC(C)OC(=O)CN1C(=O)S/C(=C/c2cn(Cc3ccccc3C#N)c3ccccc23)C1=O. The number of nitrogens with zero attached hydrogens (tertiary/aromatic N) is 3. The summed E-state index contributed by atoms with van der Waals surface area (Å²) in [5.74, 6) is -1.14. The molecule has 1 fully saturated rings. The highest BCUT2D eigenvalue weighted by Crippen LogP contribution is 2.34. The lowest BCUT2D eigenvalue weighted by Crippen LogP contribution is -2.35. The highest BCUT2D eigenvalue weighted by Gasteiger charge is 2.37. The summed E-state index contributed by atoms with van der Waals surface area (Å²) < 4.78 is 7.07. The normalized spacial score (nSPS) is 15.0. The first-order chi connectivity index (χ1) is 15.9. The van der Waals surface area contributed by atoms with Crippen LogP contribution in [0.15, 0.2) is 59.6 Å². The summed E-state index contributed by atoms with van der Waals surface area (Å²) >= 11 is 0.804. The molecule has 166 valence electrons. The van der Waals surface area contributed by atoms with E-state index in [1.165, 1.54) is 0 Å². The van der Waals surface area contributed by atoms with E-state index in [2.05, 4.69) is 6.07 Å². The Hall–Kier alpha value is -3.83. The van der Waals surface area contributed by atoms with Crippen LogP contribution in [0.4, 0.5) is 4.79 Å². The molecular weight excluding hydrogens is 438 g/mol. The van der Waals surface area contributed by atoms with Crippen molar-refractivity contribution in [3.63, 3.8) is 0 Å². The van der Waals surface area contributed by atoms with Gasteiger partial charge >= 0.3 is 5.97 Å². The first-order valence-corrected chi connectivity index (χ1v) is 11.2. The van der Waals surface area contributed by atoms with Crippen molar-refractivity contribution >= 4 is 45.9 Å². The van der Waals surface area contributed by atoms with Crippen molar-refractivity contribution in [3.05, 3.63) is 76.3 Å². The molecule has 3 aromatic rings. The molecule has 0 spiro atoms. The maximum absolute atomic E-state index is 12.8. The number of nitriles is 1. The van der Waals surface area contributed by atoms with Gasteiger partial charge in [-0.05, 0) is 49.4 Å². The second kappa shape index (κ2) is 9.35. The number of hydrogen-bond donors (Lipinski definition) is 0. The molecule has 1 aliphatic rings. The van der Waals surface area contributed by atoms with Crippen LogP contribution >= 0.6 is 11.8 Å². The van der Waals surface area contributed by atoms with E-state index in [9.17, 15) is 19.6 Å². The number of aromatic nitrogens is 1. The molecule has 4 rings (SSSR count). The molecule has 8 heteroatoms. The fraction of sp³-hybridized carbons (Fsp3) is 0.200. The van der Waals surface area contributed by atoms with Crippen LogP contribution in [0.5, 0.6) is 0 Å². The van der Waals surface area contributed by atoms with Crippen LogP contribution < -0.4 is 0 Å². The van der Waals surface area contributed by atoms with Crippen LogP contribution in [0.2, 0.25) is 0 Å². The Morgan fingerprint density at radius 3 is 2.64 bits per heavy atom. The Morgan fingerprint density at radius 2 is 1.88 bits per heavy atom. The third-order valence-electron chi connectivity index (χ3n) is 5.11. The monoisotopic (exact) mass is 459 g/mol. The van der Waals surface area contributed by atoms with Gasteiger partial charge in [0.1, 0.15) is 6.54 Å². The van der Waals surface area contributed by atoms with Gasteiger partial charge in [-0.1, -0.05) is 36.4 Å². The summed E-state index contributed by atoms with van der Waals surface area (Å²) in [5.41, 5.74) is 3.20. The summed E-state index contributed by atoms with van der Waals surface area (Å²) in [5, 5.41) is 9.83. The maximum atomic E-state index is 12.8. The number of rotatable bonds is 6. The van der Waals surface area contributed by atoms with Crippen LogP contribution in [-0.2, 0) is 20.9 Å². The van der Waals surface area contributed by atoms with Gasteiger partial charge in [0.15, 0.2) is 0 Å². The predicted octanol–water partition coefficient (Wildman–Crippen LogP) is 4.55. The van der Waals surface area contributed by atoms with E-state index >= 15 is 0 Å². The van der Waals surface area contributed by atoms with Gasteiger partial charge in [-0.25, -0.2) is 0 Å². The lowest BCUT2D eigenvalue weighted by molar-refractivity contribution is -0.149. The van der Waals surface area contributed by atoms with E-state index in [0.29, 0.717) is 12.1 Å². The Balaban J connectivity index is 1.65. The molecule has 0 atom stereocenters. The summed E-state index contributed by atoms with van der Waals surface area (Å²) in [6.07, 6.45) is 3.25. The number of carbonyl (C=O) groups is 3. The number of imide groups is 1. The number of amides is 2. The molecule has 2 aromatic carbocycles. The van der Waals surface area contributed by atoms with E-state index in [1.807, 2.05) is 53.2 Å². The van der Waals surface area contributed by atoms with E-state index in [-0.39, 0.29) is 11.0 Å². The quantitative estimate of drug-likeness (QED) is 0.397. The molecular formula is C25H21N3O4S. The highest BCUT2D eigenvalue weighted by molar-refractivity contribution is 8.18. The van der Waals surface area contributed by atoms with Gasteiger partial charge in [-0.15, -0.1) is 0 Å². The zero-order valence-corrected chi connectivity index (χ0v) is 19.0. The first-order valence-electron chi connectivity index (χ1n) is 10.4. The van der Waals surface area contributed by atoms with Gasteiger partial charge in [0.25, 0.3) is 11.1 Å². The molecule has 2 heterocycles. The molecule has 1 aromatic heterocycles. The summed E-state index contributed by atoms with van der Waals surface area (Å²) in [7, 11) is 0. The molecule has 0 aliphatic carbocycles. The number of fused-ring (bicyclic) bond motifs is 1. The standard InChI is InChI=1S/C25H21N3O4S/c1-16(2)32-23(29)15-28-24(30)22(33-25(28)31)11-19-14-27(21-10-6-5-9-20(19)21)13-18-8-4-3-7-17(18)12-26/h3-11,14,16H,13,15H2,1-2H3/b22-11+. The third-order valence-corrected chi connectivity index (χ3v) is 6.02. The number of para-hydroxylation sites is 1. The topological polar surface area (TPSA) is 92.4 Å². The van der Waals surface area contributed by atoms with Crippen LogP contribution in [0.25, 0.3) is 17.0 Å². The molecule has 0 bridgehead atoms. The van der Waals surface area contributed by atoms with Crippen molar-refractivity contribution in [2.75, 3.05) is 6.54 Å². The molecule has 0 saturated carbocycles. The molecule has 2 amide bonds. The van der Waals surface area contributed by atoms with Gasteiger partial charge < -0.3 is 9.30 Å². The first kappa shape index (κ1) is 22.4. The van der Waals surface area contributed by atoms with Crippen molar-refractivity contribution in [1.29, 1.82) is 5.26 Å². The number of esters is 1. The van der Waals surface area contributed by atoms with Crippen molar-refractivity contribution in [2.45, 2.75) is 26.5 Å². The summed E-state index contributed by atoms with van der Waals surface area (Å²) in [6, 6.07) is 17.4. The van der Waals surface area contributed by atoms with Crippen molar-refractivity contribution in [2.24, 2.45) is 0 Å². The average Bonchev–Trinajstić information content (AvgIpc) is 3.26. The number of benzene rings is 2. The summed E-state index contributed by atoms with van der Waals surface area (Å²) in [6.45, 7) is 3.49. The Labute approximate surface area is 195 Å². The minimum absolute atomic E-state index is 0.248. The number of hydrogen-bond acceptors (Lipinski definition) is 6. The Kier molecular flexibility index (Phi) is 6.33. The van der Waals surface area contributed by atoms with Crippen LogP contribution in [0.1, 0.15) is 30.5 Å². The fourth-order valence-electron chi connectivity index (χ4n) is 3.68. The molecule has 7 nitrogen and oxygen atoms in total. The van der Waals surface area contributed by atoms with Crippen molar-refractivity contribution < 1.29 is 19.1 Å². The second-order valence-electron chi connectivity index (χ2n) is 7.80. The largest absolute Gasteiger partial charge is 0.462 e. The fourth-order valence-corrected chi connectivity index (χ4v) is 4.51. The average molecular weight is 460 g/mol. The van der Waals surface area contributed by atoms with Crippen LogP contribution in [0.3, 0.4) is 0 Å². The zero-order valence-electron chi connectivity index (χ0n) is 18.1. The molecule has 1 aliphatic heterocycles. The van der Waals surface area contributed by atoms with Crippen molar-refractivity contribution in [3.8, 4) is 6.07 Å². The van der Waals surface area contributed by atoms with Crippen LogP contribution in [-0.4, -0.2) is 39.2 Å². The van der Waals surface area contributed by atoms with E-state index < -0.39 is 23.7 Å². The van der Waals surface area contributed by atoms with E-state index in [1.54, 1.807) is 26.0 Å². The van der Waals surface area contributed by atoms with Gasteiger partial charge in [0.2, 0.25) is 0 Å². The second-order valence-corrected chi connectivity index (χ2v) is 8.80. The van der Waals surface area contributed by atoms with E-state index in [0.717, 1.165) is 38.7 Å². The van der Waals surface area contributed by atoms with Gasteiger partial charge in [-0.3, -0.25) is 19.3 Å². The Bertz CT molecular complexity index is 1330. The summed E-state index contributed by atoms with van der Waals surface area (Å²) in [4.78, 5) is 38.3. The molecule has 0 N–H and O–H groups in total. The molecule has 0 unspecified atom stereocenters. The lowest BCUT2D eigenvalue weighted by atomic mass is 10.1. The molecule has 33 heavy (non-hydrogen) atoms. The van der Waals surface area contributed by atoms with Gasteiger partial charge in [0.05, 0.1) is 22.6 Å². The maximum Gasteiger partial charge on any atom is 0.326 e. The highest BCUT2D eigenvalue weighted by atomic mass is 32.2. The van der Waals surface area contributed by atoms with Crippen LogP contribution in [0, 0.1) is 11.3 Å². The van der Waals surface area contributed by atoms with Gasteiger partial charge in [-0.2, -0.15) is 5.26 Å². The predicted molar refractivity (Wildman–Crippen MR) is 126 cm³/mol. The van der Waals surface area contributed by atoms with Crippen molar-refractivity contribution in [1.82, 2.24) is 9.47 Å². The van der Waals surface area contributed by atoms with Gasteiger partial charge in [0, 0.05) is 29.2 Å². The number of thioether (sulfide) groups is 1. The zero-order chi connectivity index (χ0) is 23.5. The molecule has 1 saturated heterocycles. The number of carbonyl (C=O) groups excluding carboxylic acids is 3. The Morgan fingerprint density at radius 1 is 1.15 bits per heavy atom. The molecule has 0 radical (unpaired) electrons. The smallest absolute Gasteiger partial charge is 0.326 e. The third kappa shape index (κ3) is 4.69. The lowest BCUT2D eigenvalue weighted by Gasteiger charge is -2.13. The minimum atomic E-state index is -0.624. The van der Waals surface area contributed by atoms with E-state index in [4.69, 9.17) is 4.74 Å².